The fourth-order valence-electron chi connectivity index (χ4n) is 2.57. The summed E-state index contributed by atoms with van der Waals surface area (Å²) in [6.45, 7) is 3.07. The Morgan fingerprint density at radius 1 is 1.33 bits per heavy atom. The summed E-state index contributed by atoms with van der Waals surface area (Å²) in [4.78, 5) is 13.8. The first-order valence-electron chi connectivity index (χ1n) is 6.77. The third-order valence-electron chi connectivity index (χ3n) is 3.68. The van der Waals surface area contributed by atoms with Crippen molar-refractivity contribution in [2.75, 3.05) is 18.1 Å². The van der Waals surface area contributed by atoms with E-state index in [0.717, 1.165) is 24.2 Å². The molecule has 1 aliphatic heterocycles. The Kier molecular flexibility index (Phi) is 4.37. The van der Waals surface area contributed by atoms with Gasteiger partial charge in [-0.3, -0.25) is 4.79 Å². The molecule has 1 aromatic rings. The molecule has 0 radical (unpaired) electrons. The van der Waals surface area contributed by atoms with Crippen molar-refractivity contribution in [3.63, 3.8) is 0 Å². The SMILES string of the molecule is CCC(=O)c1ccc(N2CCCCC2CO)cc1. The van der Waals surface area contributed by atoms with Crippen LogP contribution in [0.4, 0.5) is 5.69 Å². The third-order valence-corrected chi connectivity index (χ3v) is 3.68. The highest BCUT2D eigenvalue weighted by Gasteiger charge is 2.21. The lowest BCUT2D eigenvalue weighted by Gasteiger charge is -2.36. The molecule has 1 unspecified atom stereocenters. The molecule has 0 spiro atoms. The number of hydrogen-bond donors (Lipinski definition) is 1. The third kappa shape index (κ3) is 2.72. The summed E-state index contributed by atoms with van der Waals surface area (Å²) in [5, 5.41) is 9.41. The Labute approximate surface area is 108 Å². The summed E-state index contributed by atoms with van der Waals surface area (Å²) in [5.74, 6) is 0.180. The number of benzene rings is 1. The van der Waals surface area contributed by atoms with Gasteiger partial charge < -0.3 is 10.0 Å². The summed E-state index contributed by atoms with van der Waals surface area (Å²) in [6, 6.07) is 8.01. The fraction of sp³-hybridized carbons (Fsp3) is 0.533. The molecule has 1 heterocycles. The van der Waals surface area contributed by atoms with Crippen molar-refractivity contribution >= 4 is 11.5 Å². The molecule has 1 aliphatic rings. The number of piperidine rings is 1. The van der Waals surface area contributed by atoms with E-state index in [1.54, 1.807) is 0 Å². The molecule has 1 N–H and O–H groups in total. The first-order chi connectivity index (χ1) is 8.76. The zero-order valence-electron chi connectivity index (χ0n) is 10.9. The molecule has 1 atom stereocenters. The monoisotopic (exact) mass is 247 g/mol. The van der Waals surface area contributed by atoms with Crippen LogP contribution >= 0.6 is 0 Å². The number of rotatable bonds is 4. The van der Waals surface area contributed by atoms with E-state index in [0.29, 0.717) is 6.42 Å². The van der Waals surface area contributed by atoms with E-state index >= 15 is 0 Å². The van der Waals surface area contributed by atoms with Crippen LogP contribution in [0.2, 0.25) is 0 Å². The molecule has 0 aromatic heterocycles. The Hall–Kier alpha value is -1.35. The number of carbonyl (C=O) groups is 1. The van der Waals surface area contributed by atoms with Crippen LogP contribution in [0.25, 0.3) is 0 Å². The Balaban J connectivity index is 2.15. The van der Waals surface area contributed by atoms with Crippen LogP contribution in [-0.2, 0) is 0 Å². The topological polar surface area (TPSA) is 40.5 Å². The minimum absolute atomic E-state index is 0.180. The highest BCUT2D eigenvalue weighted by atomic mass is 16.3. The van der Waals surface area contributed by atoms with Gasteiger partial charge in [0.15, 0.2) is 5.78 Å². The molecular formula is C15H21NO2. The molecule has 0 aliphatic carbocycles. The van der Waals surface area contributed by atoms with Crippen LogP contribution in [0.3, 0.4) is 0 Å². The lowest BCUT2D eigenvalue weighted by molar-refractivity contribution is 0.0988. The molecular weight excluding hydrogens is 226 g/mol. The number of ketones is 1. The van der Waals surface area contributed by atoms with Crippen LogP contribution < -0.4 is 4.90 Å². The number of anilines is 1. The maximum Gasteiger partial charge on any atom is 0.162 e. The van der Waals surface area contributed by atoms with Gasteiger partial charge in [-0.15, -0.1) is 0 Å². The van der Waals surface area contributed by atoms with Crippen LogP contribution in [0, 0.1) is 0 Å². The van der Waals surface area contributed by atoms with Gasteiger partial charge in [0, 0.05) is 24.2 Å². The first-order valence-corrected chi connectivity index (χ1v) is 6.77. The summed E-state index contributed by atoms with van der Waals surface area (Å²) in [5.41, 5.74) is 1.89. The van der Waals surface area contributed by atoms with Crippen molar-refractivity contribution < 1.29 is 9.90 Å². The second kappa shape index (κ2) is 6.01. The molecule has 98 valence electrons. The number of aliphatic hydroxyl groups is 1. The maximum absolute atomic E-state index is 11.6. The number of Topliss-reactive ketones (excluding diaryl/α,β-unsaturated/α-hetero) is 1. The van der Waals surface area contributed by atoms with E-state index in [-0.39, 0.29) is 18.4 Å². The van der Waals surface area contributed by atoms with E-state index in [9.17, 15) is 9.90 Å². The Morgan fingerprint density at radius 2 is 2.06 bits per heavy atom. The highest BCUT2D eigenvalue weighted by Crippen LogP contribution is 2.25. The average Bonchev–Trinajstić information content (AvgIpc) is 2.46. The summed E-state index contributed by atoms with van der Waals surface area (Å²) in [7, 11) is 0. The van der Waals surface area contributed by atoms with Crippen molar-refractivity contribution in [1.29, 1.82) is 0 Å². The van der Waals surface area contributed by atoms with Gasteiger partial charge in [-0.2, -0.15) is 0 Å². The zero-order chi connectivity index (χ0) is 13.0. The molecule has 3 nitrogen and oxygen atoms in total. The molecule has 0 saturated carbocycles. The molecule has 1 saturated heterocycles. The van der Waals surface area contributed by atoms with Gasteiger partial charge in [0.25, 0.3) is 0 Å². The lowest BCUT2D eigenvalue weighted by Crippen LogP contribution is -2.41. The Morgan fingerprint density at radius 3 is 2.67 bits per heavy atom. The van der Waals surface area contributed by atoms with Gasteiger partial charge in [0.05, 0.1) is 12.6 Å². The predicted molar refractivity (Wildman–Crippen MR) is 73.1 cm³/mol. The first kappa shape index (κ1) is 13.1. The molecule has 2 rings (SSSR count). The van der Waals surface area contributed by atoms with Gasteiger partial charge in [-0.25, -0.2) is 0 Å². The van der Waals surface area contributed by atoms with Gasteiger partial charge in [-0.05, 0) is 43.5 Å². The van der Waals surface area contributed by atoms with Crippen LogP contribution in [0.1, 0.15) is 43.0 Å². The van der Waals surface area contributed by atoms with E-state index in [2.05, 4.69) is 4.90 Å². The standard InChI is InChI=1S/C15H21NO2/c1-2-15(18)12-6-8-13(9-7-12)16-10-4-3-5-14(16)11-17/h6-9,14,17H,2-5,10-11H2,1H3. The minimum atomic E-state index is 0.180. The van der Waals surface area contributed by atoms with E-state index in [1.807, 2.05) is 31.2 Å². The van der Waals surface area contributed by atoms with Crippen LogP contribution in [0.15, 0.2) is 24.3 Å². The molecule has 18 heavy (non-hydrogen) atoms. The molecule has 3 heteroatoms. The Bertz CT molecular complexity index is 399. The summed E-state index contributed by atoms with van der Waals surface area (Å²) < 4.78 is 0. The van der Waals surface area contributed by atoms with Crippen molar-refractivity contribution in [1.82, 2.24) is 0 Å². The highest BCUT2D eigenvalue weighted by molar-refractivity contribution is 5.96. The van der Waals surface area contributed by atoms with Crippen molar-refractivity contribution in [2.24, 2.45) is 0 Å². The van der Waals surface area contributed by atoms with E-state index in [1.165, 1.54) is 12.8 Å². The summed E-state index contributed by atoms with van der Waals surface area (Å²) >= 11 is 0. The van der Waals surface area contributed by atoms with Crippen molar-refractivity contribution in [2.45, 2.75) is 38.6 Å². The predicted octanol–water partition coefficient (Wildman–Crippen LogP) is 2.63. The minimum Gasteiger partial charge on any atom is -0.394 e. The van der Waals surface area contributed by atoms with Crippen LogP contribution in [0.5, 0.6) is 0 Å². The molecule has 0 bridgehead atoms. The molecule has 1 fully saturated rings. The van der Waals surface area contributed by atoms with Crippen LogP contribution in [-0.4, -0.2) is 30.1 Å². The fourth-order valence-corrected chi connectivity index (χ4v) is 2.57. The molecule has 0 amide bonds. The quantitative estimate of drug-likeness (QED) is 0.831. The zero-order valence-corrected chi connectivity index (χ0v) is 10.9. The second-order valence-corrected chi connectivity index (χ2v) is 4.85. The average molecular weight is 247 g/mol. The van der Waals surface area contributed by atoms with Gasteiger partial charge >= 0.3 is 0 Å². The normalized spacial score (nSPS) is 19.9. The van der Waals surface area contributed by atoms with Gasteiger partial charge in [0.1, 0.15) is 0 Å². The number of carbonyl (C=O) groups excluding carboxylic acids is 1. The number of nitrogens with zero attached hydrogens (tertiary/aromatic N) is 1. The van der Waals surface area contributed by atoms with Crippen molar-refractivity contribution in [3.05, 3.63) is 29.8 Å². The second-order valence-electron chi connectivity index (χ2n) is 4.85. The number of aliphatic hydroxyl groups excluding tert-OH is 1. The number of hydrogen-bond acceptors (Lipinski definition) is 3. The lowest BCUT2D eigenvalue weighted by atomic mass is 10.0. The maximum atomic E-state index is 11.6. The summed E-state index contributed by atoms with van der Waals surface area (Å²) in [6.07, 6.45) is 3.95. The molecule has 1 aromatic carbocycles. The van der Waals surface area contributed by atoms with E-state index < -0.39 is 0 Å². The largest absolute Gasteiger partial charge is 0.394 e. The van der Waals surface area contributed by atoms with Gasteiger partial charge in [0.2, 0.25) is 0 Å². The van der Waals surface area contributed by atoms with Crippen molar-refractivity contribution in [3.8, 4) is 0 Å². The van der Waals surface area contributed by atoms with E-state index in [4.69, 9.17) is 0 Å². The smallest absolute Gasteiger partial charge is 0.162 e. The van der Waals surface area contributed by atoms with Gasteiger partial charge in [-0.1, -0.05) is 6.92 Å².